The molecule has 1 saturated heterocycles. The van der Waals surface area contributed by atoms with Gasteiger partial charge in [0.15, 0.2) is 11.7 Å². The summed E-state index contributed by atoms with van der Waals surface area (Å²) < 4.78 is 5.47. The maximum atomic E-state index is 12.0. The molecule has 0 radical (unpaired) electrons. The smallest absolute Gasteiger partial charge is 0.228 e. The van der Waals surface area contributed by atoms with Gasteiger partial charge in [-0.25, -0.2) is 4.98 Å². The first-order valence-corrected chi connectivity index (χ1v) is 6.77. The van der Waals surface area contributed by atoms with E-state index in [0.29, 0.717) is 5.89 Å². The van der Waals surface area contributed by atoms with Crippen LogP contribution < -0.4 is 10.6 Å². The van der Waals surface area contributed by atoms with E-state index in [9.17, 15) is 4.79 Å². The summed E-state index contributed by atoms with van der Waals surface area (Å²) in [5.41, 5.74) is 1.76. The molecule has 5 nitrogen and oxygen atoms in total. The van der Waals surface area contributed by atoms with Crippen LogP contribution in [0.15, 0.2) is 34.9 Å². The van der Waals surface area contributed by atoms with Gasteiger partial charge in [-0.15, -0.1) is 0 Å². The van der Waals surface area contributed by atoms with Crippen molar-refractivity contribution in [2.45, 2.75) is 13.3 Å². The first-order chi connectivity index (χ1) is 9.72. The highest BCUT2D eigenvalue weighted by Crippen LogP contribution is 2.22. The predicted molar refractivity (Wildman–Crippen MR) is 76.3 cm³/mol. The van der Waals surface area contributed by atoms with Crippen molar-refractivity contribution >= 4 is 11.6 Å². The number of nitrogens with zero attached hydrogens (tertiary/aromatic N) is 1. The number of rotatable bonds is 3. The third kappa shape index (κ3) is 2.72. The minimum absolute atomic E-state index is 0.0756. The number of benzene rings is 1. The minimum atomic E-state index is 0.0756. The molecular formula is C15H17N3O2. The summed E-state index contributed by atoms with van der Waals surface area (Å²) in [4.78, 5) is 16.1. The van der Waals surface area contributed by atoms with E-state index in [1.807, 2.05) is 31.2 Å². The van der Waals surface area contributed by atoms with E-state index in [0.717, 1.165) is 36.5 Å². The van der Waals surface area contributed by atoms with Gasteiger partial charge in [-0.2, -0.15) is 0 Å². The summed E-state index contributed by atoms with van der Waals surface area (Å²) >= 11 is 0. The zero-order valence-corrected chi connectivity index (χ0v) is 11.3. The summed E-state index contributed by atoms with van der Waals surface area (Å²) in [6.45, 7) is 3.50. The predicted octanol–water partition coefficient (Wildman–Crippen LogP) is 2.20. The van der Waals surface area contributed by atoms with Crippen LogP contribution in [-0.4, -0.2) is 24.0 Å². The largest absolute Gasteiger partial charge is 0.441 e. The standard InChI is InChI=1S/C15H17N3O2/c1-10-17-9-14(20-10)11-2-4-13(5-3-11)18-15(19)12-6-7-16-8-12/h2-5,9,12,16H,6-8H2,1H3,(H,18,19). The van der Waals surface area contributed by atoms with Crippen molar-refractivity contribution in [3.8, 4) is 11.3 Å². The summed E-state index contributed by atoms with van der Waals surface area (Å²) in [5.74, 6) is 1.54. The van der Waals surface area contributed by atoms with Gasteiger partial charge in [0.25, 0.3) is 0 Å². The molecule has 0 saturated carbocycles. The van der Waals surface area contributed by atoms with Crippen molar-refractivity contribution in [1.82, 2.24) is 10.3 Å². The Hall–Kier alpha value is -2.14. The third-order valence-corrected chi connectivity index (χ3v) is 3.49. The molecule has 20 heavy (non-hydrogen) atoms. The normalized spacial score (nSPS) is 18.1. The van der Waals surface area contributed by atoms with E-state index in [1.165, 1.54) is 0 Å². The van der Waals surface area contributed by atoms with Crippen LogP contribution in [0.1, 0.15) is 12.3 Å². The second kappa shape index (κ2) is 5.46. The van der Waals surface area contributed by atoms with Crippen LogP contribution in [0.4, 0.5) is 5.69 Å². The van der Waals surface area contributed by atoms with Crippen molar-refractivity contribution in [2.75, 3.05) is 18.4 Å². The molecule has 1 amide bonds. The number of amides is 1. The zero-order chi connectivity index (χ0) is 13.9. The highest BCUT2D eigenvalue weighted by Gasteiger charge is 2.22. The fourth-order valence-electron chi connectivity index (χ4n) is 2.34. The van der Waals surface area contributed by atoms with Gasteiger partial charge >= 0.3 is 0 Å². The van der Waals surface area contributed by atoms with Crippen molar-refractivity contribution in [2.24, 2.45) is 5.92 Å². The number of hydrogen-bond acceptors (Lipinski definition) is 4. The van der Waals surface area contributed by atoms with Crippen LogP contribution in [0.3, 0.4) is 0 Å². The molecule has 1 fully saturated rings. The van der Waals surface area contributed by atoms with E-state index in [4.69, 9.17) is 4.42 Å². The highest BCUT2D eigenvalue weighted by atomic mass is 16.4. The maximum Gasteiger partial charge on any atom is 0.228 e. The Balaban J connectivity index is 1.68. The molecule has 2 aromatic rings. The Labute approximate surface area is 117 Å². The van der Waals surface area contributed by atoms with Gasteiger partial charge in [-0.05, 0) is 37.2 Å². The molecule has 1 atom stereocenters. The summed E-state index contributed by atoms with van der Waals surface area (Å²) in [7, 11) is 0. The summed E-state index contributed by atoms with van der Waals surface area (Å²) in [6.07, 6.45) is 2.61. The Bertz CT molecular complexity index is 598. The molecule has 1 unspecified atom stereocenters. The van der Waals surface area contributed by atoms with Crippen LogP contribution in [0.5, 0.6) is 0 Å². The number of hydrogen-bond donors (Lipinski definition) is 2. The monoisotopic (exact) mass is 271 g/mol. The second-order valence-corrected chi connectivity index (χ2v) is 5.00. The van der Waals surface area contributed by atoms with Crippen LogP contribution >= 0.6 is 0 Å². The lowest BCUT2D eigenvalue weighted by molar-refractivity contribution is -0.119. The first-order valence-electron chi connectivity index (χ1n) is 6.77. The topological polar surface area (TPSA) is 67.2 Å². The Kier molecular flexibility index (Phi) is 3.52. The third-order valence-electron chi connectivity index (χ3n) is 3.49. The lowest BCUT2D eigenvalue weighted by Crippen LogP contribution is -2.24. The molecule has 0 aliphatic carbocycles. The van der Waals surface area contributed by atoms with Gasteiger partial charge in [0, 0.05) is 24.7 Å². The summed E-state index contributed by atoms with van der Waals surface area (Å²) in [5, 5.41) is 6.13. The Morgan fingerprint density at radius 2 is 2.20 bits per heavy atom. The summed E-state index contributed by atoms with van der Waals surface area (Å²) in [6, 6.07) is 7.60. The van der Waals surface area contributed by atoms with Gasteiger partial charge in [0.2, 0.25) is 5.91 Å². The van der Waals surface area contributed by atoms with Crippen LogP contribution in [0.2, 0.25) is 0 Å². The molecule has 1 aromatic heterocycles. The fraction of sp³-hybridized carbons (Fsp3) is 0.333. The van der Waals surface area contributed by atoms with E-state index in [-0.39, 0.29) is 11.8 Å². The van der Waals surface area contributed by atoms with Gasteiger partial charge in [-0.1, -0.05) is 0 Å². The SMILES string of the molecule is Cc1ncc(-c2ccc(NC(=O)C3CCNC3)cc2)o1. The Morgan fingerprint density at radius 1 is 1.40 bits per heavy atom. The molecule has 2 heterocycles. The number of nitrogens with one attached hydrogen (secondary N) is 2. The number of oxazole rings is 1. The lowest BCUT2D eigenvalue weighted by atomic mass is 10.1. The number of aromatic nitrogens is 1. The van der Waals surface area contributed by atoms with Crippen molar-refractivity contribution in [1.29, 1.82) is 0 Å². The fourth-order valence-corrected chi connectivity index (χ4v) is 2.34. The van der Waals surface area contributed by atoms with Crippen molar-refractivity contribution < 1.29 is 9.21 Å². The average Bonchev–Trinajstić information content (AvgIpc) is 3.10. The first kappa shape index (κ1) is 12.9. The lowest BCUT2D eigenvalue weighted by Gasteiger charge is -2.10. The minimum Gasteiger partial charge on any atom is -0.441 e. The maximum absolute atomic E-state index is 12.0. The zero-order valence-electron chi connectivity index (χ0n) is 11.3. The molecular weight excluding hydrogens is 254 g/mol. The van der Waals surface area contributed by atoms with Crippen molar-refractivity contribution in [3.63, 3.8) is 0 Å². The number of carbonyl (C=O) groups is 1. The van der Waals surface area contributed by atoms with Crippen LogP contribution in [-0.2, 0) is 4.79 Å². The molecule has 1 aromatic carbocycles. The molecule has 1 aliphatic rings. The molecule has 104 valence electrons. The van der Waals surface area contributed by atoms with Crippen LogP contribution in [0, 0.1) is 12.8 Å². The van der Waals surface area contributed by atoms with E-state index >= 15 is 0 Å². The molecule has 2 N–H and O–H groups in total. The molecule has 5 heteroatoms. The van der Waals surface area contributed by atoms with E-state index < -0.39 is 0 Å². The van der Waals surface area contributed by atoms with E-state index in [1.54, 1.807) is 6.20 Å². The molecule has 3 rings (SSSR count). The van der Waals surface area contributed by atoms with Gasteiger partial charge in [-0.3, -0.25) is 4.79 Å². The number of carbonyl (C=O) groups excluding carboxylic acids is 1. The molecule has 1 aliphatic heterocycles. The number of anilines is 1. The van der Waals surface area contributed by atoms with Gasteiger partial charge < -0.3 is 15.1 Å². The Morgan fingerprint density at radius 3 is 2.80 bits per heavy atom. The average molecular weight is 271 g/mol. The van der Waals surface area contributed by atoms with E-state index in [2.05, 4.69) is 15.6 Å². The van der Waals surface area contributed by atoms with Gasteiger partial charge in [0.05, 0.1) is 12.1 Å². The molecule has 0 spiro atoms. The quantitative estimate of drug-likeness (QED) is 0.898. The second-order valence-electron chi connectivity index (χ2n) is 5.00. The van der Waals surface area contributed by atoms with Crippen LogP contribution in [0.25, 0.3) is 11.3 Å². The van der Waals surface area contributed by atoms with Crippen molar-refractivity contribution in [3.05, 3.63) is 36.4 Å². The highest BCUT2D eigenvalue weighted by molar-refractivity contribution is 5.93. The molecule has 0 bridgehead atoms. The number of aryl methyl sites for hydroxylation is 1. The van der Waals surface area contributed by atoms with Gasteiger partial charge in [0.1, 0.15) is 0 Å².